The zero-order chi connectivity index (χ0) is 16.1. The zero-order valence-electron chi connectivity index (χ0n) is 13.5. The third-order valence-electron chi connectivity index (χ3n) is 4.54. The fourth-order valence-corrected chi connectivity index (χ4v) is 3.37. The van der Waals surface area contributed by atoms with Crippen LogP contribution in [0, 0.1) is 0 Å². The first-order chi connectivity index (χ1) is 11.3. The number of nitrogens with one attached hydrogen (secondary N) is 1. The molecule has 0 bridgehead atoms. The minimum Gasteiger partial charge on any atom is -0.481 e. The number of benzene rings is 1. The molecule has 0 spiro atoms. The van der Waals surface area contributed by atoms with Crippen LogP contribution in [0.5, 0.6) is 0 Å². The topological polar surface area (TPSA) is 62.2 Å². The monoisotopic (exact) mass is 312 g/mol. The first-order valence-corrected chi connectivity index (χ1v) is 8.62. The Labute approximate surface area is 136 Å². The average Bonchev–Trinajstić information content (AvgIpc) is 2.56. The number of anilines is 1. The number of aromatic nitrogens is 1. The van der Waals surface area contributed by atoms with Gasteiger partial charge in [-0.15, -0.1) is 0 Å². The van der Waals surface area contributed by atoms with Gasteiger partial charge in [0.05, 0.1) is 5.52 Å². The van der Waals surface area contributed by atoms with Gasteiger partial charge in [-0.05, 0) is 50.2 Å². The fraction of sp³-hybridized carbons (Fsp3) is 0.474. The number of carboxylic acid groups (broad SMARTS) is 1. The van der Waals surface area contributed by atoms with Crippen LogP contribution in [0.4, 0.5) is 5.69 Å². The van der Waals surface area contributed by atoms with E-state index in [0.29, 0.717) is 0 Å². The van der Waals surface area contributed by atoms with E-state index in [0.717, 1.165) is 44.2 Å². The van der Waals surface area contributed by atoms with Crippen molar-refractivity contribution in [1.82, 2.24) is 4.98 Å². The highest BCUT2D eigenvalue weighted by Gasteiger charge is 2.17. The van der Waals surface area contributed by atoms with Gasteiger partial charge in [0, 0.05) is 29.7 Å². The summed E-state index contributed by atoms with van der Waals surface area (Å²) >= 11 is 0. The number of nitrogens with zero attached hydrogens (tertiary/aromatic N) is 1. The Kier molecular flexibility index (Phi) is 5.11. The summed E-state index contributed by atoms with van der Waals surface area (Å²) in [7, 11) is 0. The van der Waals surface area contributed by atoms with Crippen molar-refractivity contribution in [3.05, 3.63) is 35.5 Å². The van der Waals surface area contributed by atoms with E-state index in [2.05, 4.69) is 23.5 Å². The molecule has 1 heterocycles. The zero-order valence-corrected chi connectivity index (χ0v) is 13.5. The number of aliphatic carboxylic acids is 1. The molecule has 0 saturated carbocycles. The Bertz CT molecular complexity index is 697. The Morgan fingerprint density at radius 2 is 1.96 bits per heavy atom. The molecule has 0 radical (unpaired) electrons. The molecule has 1 aromatic heterocycles. The van der Waals surface area contributed by atoms with Crippen LogP contribution in [0.15, 0.2) is 24.3 Å². The predicted octanol–water partition coefficient (Wildman–Crippen LogP) is 4.17. The van der Waals surface area contributed by atoms with Crippen molar-refractivity contribution in [2.75, 3.05) is 11.9 Å². The first-order valence-electron chi connectivity index (χ1n) is 8.62. The second-order valence-electron chi connectivity index (χ2n) is 6.27. The Hall–Kier alpha value is -2.10. The molecule has 0 unspecified atom stereocenters. The van der Waals surface area contributed by atoms with Gasteiger partial charge >= 0.3 is 5.97 Å². The average molecular weight is 312 g/mol. The maximum absolute atomic E-state index is 10.5. The number of para-hydroxylation sites is 1. The van der Waals surface area contributed by atoms with Crippen molar-refractivity contribution in [1.29, 1.82) is 0 Å². The second-order valence-corrected chi connectivity index (χ2v) is 6.27. The highest BCUT2D eigenvalue weighted by Crippen LogP contribution is 2.33. The number of unbranched alkanes of at least 4 members (excludes halogenated alkanes) is 2. The summed E-state index contributed by atoms with van der Waals surface area (Å²) in [5, 5.41) is 13.5. The molecular formula is C19H24N2O2. The van der Waals surface area contributed by atoms with E-state index in [1.54, 1.807) is 0 Å². The molecule has 0 fully saturated rings. The number of hydrogen-bond donors (Lipinski definition) is 2. The molecule has 1 aliphatic carbocycles. The van der Waals surface area contributed by atoms with Crippen molar-refractivity contribution < 1.29 is 9.90 Å². The first kappa shape index (κ1) is 15.8. The quantitative estimate of drug-likeness (QED) is 0.753. The standard InChI is InChI=1S/C19H24N2O2/c22-18(23)12-2-1-7-13-20-19-14-8-3-5-10-16(14)21-17-11-6-4-9-15(17)19/h3,5,8,10H,1-2,4,6-7,9,11-13H2,(H,20,21)(H,22,23). The van der Waals surface area contributed by atoms with Crippen LogP contribution in [0.3, 0.4) is 0 Å². The number of pyridine rings is 1. The van der Waals surface area contributed by atoms with Gasteiger partial charge in [-0.25, -0.2) is 0 Å². The number of aryl methyl sites for hydroxylation is 1. The summed E-state index contributed by atoms with van der Waals surface area (Å²) in [5.41, 5.74) is 4.97. The van der Waals surface area contributed by atoms with E-state index in [4.69, 9.17) is 10.1 Å². The molecule has 0 atom stereocenters. The molecule has 2 N–H and O–H groups in total. The molecule has 4 nitrogen and oxygen atoms in total. The van der Waals surface area contributed by atoms with Crippen molar-refractivity contribution in [2.24, 2.45) is 0 Å². The lowest BCUT2D eigenvalue weighted by Crippen LogP contribution is -2.12. The Balaban J connectivity index is 1.72. The molecule has 1 aromatic carbocycles. The van der Waals surface area contributed by atoms with Crippen molar-refractivity contribution in [3.8, 4) is 0 Å². The van der Waals surface area contributed by atoms with Crippen molar-refractivity contribution in [3.63, 3.8) is 0 Å². The van der Waals surface area contributed by atoms with E-state index in [9.17, 15) is 4.79 Å². The molecule has 23 heavy (non-hydrogen) atoms. The lowest BCUT2D eigenvalue weighted by molar-refractivity contribution is -0.137. The molecule has 122 valence electrons. The molecule has 3 rings (SSSR count). The predicted molar refractivity (Wildman–Crippen MR) is 93.0 cm³/mol. The lowest BCUT2D eigenvalue weighted by atomic mass is 9.92. The summed E-state index contributed by atoms with van der Waals surface area (Å²) in [6.07, 6.45) is 7.62. The van der Waals surface area contributed by atoms with E-state index < -0.39 is 5.97 Å². The minimum absolute atomic E-state index is 0.271. The maximum Gasteiger partial charge on any atom is 0.303 e. The molecule has 0 amide bonds. The number of hydrogen-bond acceptors (Lipinski definition) is 3. The summed E-state index contributed by atoms with van der Waals surface area (Å²) < 4.78 is 0. The summed E-state index contributed by atoms with van der Waals surface area (Å²) in [5.74, 6) is -0.702. The van der Waals surface area contributed by atoms with Gasteiger partial charge in [-0.1, -0.05) is 24.6 Å². The van der Waals surface area contributed by atoms with E-state index in [1.807, 2.05) is 6.07 Å². The van der Waals surface area contributed by atoms with Gasteiger partial charge in [0.1, 0.15) is 0 Å². The number of carboxylic acids is 1. The van der Waals surface area contributed by atoms with Gasteiger partial charge in [0.15, 0.2) is 0 Å². The molecular weight excluding hydrogens is 288 g/mol. The van der Waals surface area contributed by atoms with Crippen LogP contribution < -0.4 is 5.32 Å². The Morgan fingerprint density at radius 1 is 1.13 bits per heavy atom. The maximum atomic E-state index is 10.5. The van der Waals surface area contributed by atoms with E-state index in [-0.39, 0.29) is 6.42 Å². The summed E-state index contributed by atoms with van der Waals surface area (Å²) in [6, 6.07) is 8.34. The Morgan fingerprint density at radius 3 is 2.83 bits per heavy atom. The molecule has 2 aromatic rings. The highest BCUT2D eigenvalue weighted by molar-refractivity contribution is 5.93. The number of carbonyl (C=O) groups is 1. The lowest BCUT2D eigenvalue weighted by Gasteiger charge is -2.21. The number of rotatable bonds is 7. The van der Waals surface area contributed by atoms with Gasteiger partial charge in [-0.3, -0.25) is 9.78 Å². The minimum atomic E-state index is -0.702. The van der Waals surface area contributed by atoms with E-state index >= 15 is 0 Å². The van der Waals surface area contributed by atoms with Gasteiger partial charge in [0.25, 0.3) is 0 Å². The van der Waals surface area contributed by atoms with Crippen LogP contribution in [-0.4, -0.2) is 22.6 Å². The molecule has 0 aliphatic heterocycles. The smallest absolute Gasteiger partial charge is 0.303 e. The SMILES string of the molecule is O=C(O)CCCCCNc1c2c(nc3ccccc13)CCCC2. The van der Waals surface area contributed by atoms with E-state index in [1.165, 1.54) is 35.2 Å². The van der Waals surface area contributed by atoms with Crippen LogP contribution >= 0.6 is 0 Å². The van der Waals surface area contributed by atoms with Crippen molar-refractivity contribution in [2.45, 2.75) is 51.4 Å². The normalized spacial score (nSPS) is 13.7. The summed E-state index contributed by atoms with van der Waals surface area (Å²) in [6.45, 7) is 0.889. The van der Waals surface area contributed by atoms with Gasteiger partial charge in [0.2, 0.25) is 0 Å². The van der Waals surface area contributed by atoms with Crippen LogP contribution in [0.2, 0.25) is 0 Å². The molecule has 1 aliphatic rings. The van der Waals surface area contributed by atoms with Crippen LogP contribution in [0.25, 0.3) is 10.9 Å². The summed E-state index contributed by atoms with van der Waals surface area (Å²) in [4.78, 5) is 15.4. The molecule has 4 heteroatoms. The fourth-order valence-electron chi connectivity index (χ4n) is 3.37. The van der Waals surface area contributed by atoms with Crippen LogP contribution in [-0.2, 0) is 17.6 Å². The third-order valence-corrected chi connectivity index (χ3v) is 4.54. The van der Waals surface area contributed by atoms with Gasteiger partial charge < -0.3 is 10.4 Å². The van der Waals surface area contributed by atoms with Gasteiger partial charge in [-0.2, -0.15) is 0 Å². The molecule has 0 saturated heterocycles. The largest absolute Gasteiger partial charge is 0.481 e. The third kappa shape index (κ3) is 3.81. The van der Waals surface area contributed by atoms with Crippen molar-refractivity contribution >= 4 is 22.6 Å². The second kappa shape index (κ2) is 7.44. The van der Waals surface area contributed by atoms with Crippen LogP contribution in [0.1, 0.15) is 49.8 Å². The number of fused-ring (bicyclic) bond motifs is 2. The highest BCUT2D eigenvalue weighted by atomic mass is 16.4.